The minimum Gasteiger partial charge on any atom is -0.484 e. The summed E-state index contributed by atoms with van der Waals surface area (Å²) in [5, 5.41) is 2.91. The Labute approximate surface area is 155 Å². The van der Waals surface area contributed by atoms with Gasteiger partial charge in [-0.25, -0.2) is 0 Å². The number of hydrogen-bond donors (Lipinski definition) is 1. The molecule has 2 rings (SSSR count). The lowest BCUT2D eigenvalue weighted by atomic mass is 10.1. The third-order valence-electron chi connectivity index (χ3n) is 4.17. The summed E-state index contributed by atoms with van der Waals surface area (Å²) in [5.74, 6) is 0.478. The largest absolute Gasteiger partial charge is 0.484 e. The Bertz CT molecular complexity index is 712. The maximum Gasteiger partial charge on any atom is 0.258 e. The molecule has 0 aliphatic rings. The standard InChI is InChI=1S/C21H26N2O3/c1-4-20(24)17-10-12-18(13-11-17)26-15-21(25)22-14-19(23(2)3)16-8-6-5-7-9-16/h5-13,19H,4,14-15H2,1-3H3,(H,22,25)/t19-/m0/s1. The molecule has 0 aliphatic heterocycles. The second-order valence-corrected chi connectivity index (χ2v) is 6.28. The van der Waals surface area contributed by atoms with Crippen LogP contribution in [-0.2, 0) is 4.79 Å². The Morgan fingerprint density at radius 2 is 1.69 bits per heavy atom. The summed E-state index contributed by atoms with van der Waals surface area (Å²) in [6, 6.07) is 17.0. The molecule has 1 N–H and O–H groups in total. The minimum atomic E-state index is -0.179. The average molecular weight is 354 g/mol. The van der Waals surface area contributed by atoms with Gasteiger partial charge in [0.2, 0.25) is 0 Å². The summed E-state index contributed by atoms with van der Waals surface area (Å²) in [6.45, 7) is 2.27. The van der Waals surface area contributed by atoms with Gasteiger partial charge in [0.05, 0.1) is 6.04 Å². The Morgan fingerprint density at radius 1 is 1.04 bits per heavy atom. The van der Waals surface area contributed by atoms with Crippen LogP contribution in [0.25, 0.3) is 0 Å². The van der Waals surface area contributed by atoms with E-state index in [4.69, 9.17) is 4.74 Å². The number of ether oxygens (including phenoxy) is 1. The van der Waals surface area contributed by atoms with Crippen LogP contribution < -0.4 is 10.1 Å². The van der Waals surface area contributed by atoms with Gasteiger partial charge in [0.25, 0.3) is 5.91 Å². The van der Waals surface area contributed by atoms with E-state index in [9.17, 15) is 9.59 Å². The van der Waals surface area contributed by atoms with Gasteiger partial charge in [0.15, 0.2) is 12.4 Å². The van der Waals surface area contributed by atoms with Crippen LogP contribution in [0.15, 0.2) is 54.6 Å². The van der Waals surface area contributed by atoms with E-state index >= 15 is 0 Å². The minimum absolute atomic E-state index is 0.0595. The molecule has 0 aliphatic carbocycles. The van der Waals surface area contributed by atoms with Crippen LogP contribution in [0.3, 0.4) is 0 Å². The summed E-state index contributed by atoms with van der Waals surface area (Å²) in [4.78, 5) is 25.8. The normalized spacial score (nSPS) is 11.8. The van der Waals surface area contributed by atoms with Gasteiger partial charge >= 0.3 is 0 Å². The number of ketones is 1. The van der Waals surface area contributed by atoms with Gasteiger partial charge < -0.3 is 15.0 Å². The predicted molar refractivity (Wildman–Crippen MR) is 102 cm³/mol. The fourth-order valence-corrected chi connectivity index (χ4v) is 2.63. The van der Waals surface area contributed by atoms with Crippen molar-refractivity contribution < 1.29 is 14.3 Å². The van der Waals surface area contributed by atoms with Crippen molar-refractivity contribution in [2.45, 2.75) is 19.4 Å². The zero-order chi connectivity index (χ0) is 18.9. The molecule has 0 fully saturated rings. The van der Waals surface area contributed by atoms with Gasteiger partial charge in [-0.05, 0) is 43.9 Å². The SMILES string of the molecule is CCC(=O)c1ccc(OCC(=O)NC[C@@H](c2ccccc2)N(C)C)cc1. The summed E-state index contributed by atoms with van der Waals surface area (Å²) < 4.78 is 5.50. The first-order valence-corrected chi connectivity index (χ1v) is 8.75. The number of benzene rings is 2. The topological polar surface area (TPSA) is 58.6 Å². The van der Waals surface area contributed by atoms with E-state index in [0.717, 1.165) is 5.56 Å². The fraction of sp³-hybridized carbons (Fsp3) is 0.333. The third kappa shape index (κ3) is 5.70. The highest BCUT2D eigenvalue weighted by molar-refractivity contribution is 5.95. The molecule has 0 saturated heterocycles. The Morgan fingerprint density at radius 3 is 2.27 bits per heavy atom. The lowest BCUT2D eigenvalue weighted by molar-refractivity contribution is -0.123. The van der Waals surface area contributed by atoms with E-state index < -0.39 is 0 Å². The quantitative estimate of drug-likeness (QED) is 0.703. The number of nitrogens with zero attached hydrogens (tertiary/aromatic N) is 1. The van der Waals surface area contributed by atoms with Gasteiger partial charge in [0.1, 0.15) is 5.75 Å². The Kier molecular flexibility index (Phi) is 7.36. The Balaban J connectivity index is 1.83. The number of Topliss-reactive ketones (excluding diaryl/α,β-unsaturated/α-hetero) is 1. The highest BCUT2D eigenvalue weighted by Crippen LogP contribution is 2.17. The lowest BCUT2D eigenvalue weighted by Gasteiger charge is -2.25. The van der Waals surface area contributed by atoms with Gasteiger partial charge in [0, 0.05) is 18.5 Å². The summed E-state index contributed by atoms with van der Waals surface area (Å²) in [5.41, 5.74) is 1.80. The number of nitrogens with one attached hydrogen (secondary N) is 1. The molecule has 0 saturated carbocycles. The van der Waals surface area contributed by atoms with Crippen molar-refractivity contribution in [3.05, 3.63) is 65.7 Å². The maximum atomic E-state index is 12.1. The number of carbonyl (C=O) groups excluding carboxylic acids is 2. The van der Waals surface area contributed by atoms with E-state index in [1.807, 2.05) is 51.4 Å². The van der Waals surface area contributed by atoms with Crippen LogP contribution in [0, 0.1) is 0 Å². The first kappa shape index (κ1) is 19.7. The van der Waals surface area contributed by atoms with E-state index in [1.54, 1.807) is 24.3 Å². The highest BCUT2D eigenvalue weighted by Gasteiger charge is 2.15. The Hall–Kier alpha value is -2.66. The van der Waals surface area contributed by atoms with Crippen molar-refractivity contribution in [3.63, 3.8) is 0 Å². The summed E-state index contributed by atoms with van der Waals surface area (Å²) >= 11 is 0. The summed E-state index contributed by atoms with van der Waals surface area (Å²) in [7, 11) is 3.97. The number of carbonyl (C=O) groups is 2. The monoisotopic (exact) mass is 354 g/mol. The second-order valence-electron chi connectivity index (χ2n) is 6.28. The molecule has 26 heavy (non-hydrogen) atoms. The van der Waals surface area contributed by atoms with Crippen molar-refractivity contribution in [1.29, 1.82) is 0 Å². The third-order valence-corrected chi connectivity index (χ3v) is 4.17. The molecule has 0 spiro atoms. The second kappa shape index (κ2) is 9.73. The summed E-state index contributed by atoms with van der Waals surface area (Å²) in [6.07, 6.45) is 0.469. The molecular formula is C21H26N2O3. The molecule has 1 atom stereocenters. The van der Waals surface area contributed by atoms with Crippen LogP contribution in [0.2, 0.25) is 0 Å². The van der Waals surface area contributed by atoms with Crippen molar-refractivity contribution in [2.24, 2.45) is 0 Å². The molecular weight excluding hydrogens is 328 g/mol. The van der Waals surface area contributed by atoms with Crippen LogP contribution in [0.1, 0.15) is 35.3 Å². The molecule has 5 heteroatoms. The first-order chi connectivity index (χ1) is 12.5. The van der Waals surface area contributed by atoms with E-state index in [-0.39, 0.29) is 24.3 Å². The first-order valence-electron chi connectivity index (χ1n) is 8.75. The number of hydrogen-bond acceptors (Lipinski definition) is 4. The molecule has 2 aromatic carbocycles. The molecule has 0 unspecified atom stereocenters. The zero-order valence-corrected chi connectivity index (χ0v) is 15.6. The molecule has 0 heterocycles. The molecule has 0 radical (unpaired) electrons. The molecule has 138 valence electrons. The van der Waals surface area contributed by atoms with Crippen LogP contribution in [0.5, 0.6) is 5.75 Å². The van der Waals surface area contributed by atoms with Gasteiger partial charge in [-0.1, -0.05) is 37.3 Å². The van der Waals surface area contributed by atoms with Crippen LogP contribution in [-0.4, -0.2) is 43.8 Å². The fourth-order valence-electron chi connectivity index (χ4n) is 2.63. The van der Waals surface area contributed by atoms with Crippen LogP contribution >= 0.6 is 0 Å². The molecule has 0 bridgehead atoms. The average Bonchev–Trinajstić information content (AvgIpc) is 2.67. The molecule has 1 amide bonds. The smallest absolute Gasteiger partial charge is 0.258 e. The van der Waals surface area contributed by atoms with Crippen molar-refractivity contribution >= 4 is 11.7 Å². The predicted octanol–water partition coefficient (Wildman–Crippen LogP) is 3.08. The molecule has 0 aromatic heterocycles. The maximum absolute atomic E-state index is 12.1. The van der Waals surface area contributed by atoms with Crippen molar-refractivity contribution in [1.82, 2.24) is 10.2 Å². The van der Waals surface area contributed by atoms with E-state index in [1.165, 1.54) is 0 Å². The number of likely N-dealkylation sites (N-methyl/N-ethyl adjacent to an activating group) is 1. The van der Waals surface area contributed by atoms with Gasteiger partial charge in [-0.2, -0.15) is 0 Å². The number of amides is 1. The van der Waals surface area contributed by atoms with E-state index in [0.29, 0.717) is 24.3 Å². The van der Waals surface area contributed by atoms with E-state index in [2.05, 4.69) is 10.2 Å². The molecule has 2 aromatic rings. The number of rotatable bonds is 9. The van der Waals surface area contributed by atoms with Gasteiger partial charge in [-0.15, -0.1) is 0 Å². The highest BCUT2D eigenvalue weighted by atomic mass is 16.5. The van der Waals surface area contributed by atoms with Gasteiger partial charge in [-0.3, -0.25) is 9.59 Å². The van der Waals surface area contributed by atoms with Crippen molar-refractivity contribution in [3.8, 4) is 5.75 Å². The molecule has 5 nitrogen and oxygen atoms in total. The zero-order valence-electron chi connectivity index (χ0n) is 15.6. The van der Waals surface area contributed by atoms with Crippen molar-refractivity contribution in [2.75, 3.05) is 27.2 Å². The van der Waals surface area contributed by atoms with Crippen LogP contribution in [0.4, 0.5) is 0 Å². The lowest BCUT2D eigenvalue weighted by Crippen LogP contribution is -2.36.